The molecule has 0 aliphatic rings. The van der Waals surface area contributed by atoms with Crippen LogP contribution in [0.15, 0.2) is 37.0 Å². The SMILES string of the molecule is C=C/C=C\C=C/CNCCC. The van der Waals surface area contributed by atoms with E-state index in [9.17, 15) is 0 Å². The highest BCUT2D eigenvalue weighted by molar-refractivity contribution is 5.09. The van der Waals surface area contributed by atoms with Gasteiger partial charge in [-0.15, -0.1) is 0 Å². The van der Waals surface area contributed by atoms with Crippen molar-refractivity contribution in [2.45, 2.75) is 13.3 Å². The van der Waals surface area contributed by atoms with Gasteiger partial charge in [0.25, 0.3) is 0 Å². The summed E-state index contributed by atoms with van der Waals surface area (Å²) in [7, 11) is 0. The van der Waals surface area contributed by atoms with Crippen molar-refractivity contribution in [3.8, 4) is 0 Å². The van der Waals surface area contributed by atoms with Crippen molar-refractivity contribution in [2.75, 3.05) is 13.1 Å². The van der Waals surface area contributed by atoms with Gasteiger partial charge in [0.15, 0.2) is 0 Å². The van der Waals surface area contributed by atoms with E-state index >= 15 is 0 Å². The maximum Gasteiger partial charge on any atom is 0.0137 e. The summed E-state index contributed by atoms with van der Waals surface area (Å²) >= 11 is 0. The molecule has 62 valence electrons. The predicted molar refractivity (Wildman–Crippen MR) is 51.6 cm³/mol. The predicted octanol–water partition coefficient (Wildman–Crippen LogP) is 2.28. The van der Waals surface area contributed by atoms with Gasteiger partial charge in [-0.2, -0.15) is 0 Å². The first-order valence-electron chi connectivity index (χ1n) is 4.06. The zero-order valence-corrected chi connectivity index (χ0v) is 7.22. The van der Waals surface area contributed by atoms with Crippen molar-refractivity contribution in [2.24, 2.45) is 0 Å². The Hall–Kier alpha value is -0.820. The van der Waals surface area contributed by atoms with Gasteiger partial charge in [0.05, 0.1) is 0 Å². The second-order valence-corrected chi connectivity index (χ2v) is 2.25. The van der Waals surface area contributed by atoms with Gasteiger partial charge in [0, 0.05) is 6.54 Å². The smallest absolute Gasteiger partial charge is 0.0137 e. The van der Waals surface area contributed by atoms with E-state index in [0.717, 1.165) is 13.1 Å². The summed E-state index contributed by atoms with van der Waals surface area (Å²) < 4.78 is 0. The van der Waals surface area contributed by atoms with Gasteiger partial charge < -0.3 is 5.32 Å². The first kappa shape index (κ1) is 10.2. The van der Waals surface area contributed by atoms with Gasteiger partial charge in [0.2, 0.25) is 0 Å². The Morgan fingerprint density at radius 1 is 1.27 bits per heavy atom. The first-order chi connectivity index (χ1) is 5.41. The summed E-state index contributed by atoms with van der Waals surface area (Å²) in [5, 5.41) is 3.27. The summed E-state index contributed by atoms with van der Waals surface area (Å²) in [6.07, 6.45) is 11.0. The van der Waals surface area contributed by atoms with E-state index in [-0.39, 0.29) is 0 Å². The van der Waals surface area contributed by atoms with Crippen LogP contribution in [0.5, 0.6) is 0 Å². The fourth-order valence-electron chi connectivity index (χ4n) is 0.651. The summed E-state index contributed by atoms with van der Waals surface area (Å²) in [5.41, 5.74) is 0. The van der Waals surface area contributed by atoms with Crippen LogP contribution >= 0.6 is 0 Å². The van der Waals surface area contributed by atoms with Crippen molar-refractivity contribution in [3.63, 3.8) is 0 Å². The van der Waals surface area contributed by atoms with Gasteiger partial charge in [-0.25, -0.2) is 0 Å². The number of rotatable bonds is 6. The maximum absolute atomic E-state index is 3.57. The van der Waals surface area contributed by atoms with E-state index in [1.807, 2.05) is 18.2 Å². The first-order valence-corrected chi connectivity index (χ1v) is 4.06. The molecule has 0 rings (SSSR count). The molecule has 0 bridgehead atoms. The normalized spacial score (nSPS) is 11.4. The molecule has 0 aromatic heterocycles. The third kappa shape index (κ3) is 9.18. The lowest BCUT2D eigenvalue weighted by Gasteiger charge is -1.94. The average Bonchev–Trinajstić information content (AvgIpc) is 2.03. The zero-order chi connectivity index (χ0) is 8.36. The molecule has 0 aromatic rings. The standard InChI is InChI=1S/C10H17N/c1-3-5-6-7-8-10-11-9-4-2/h3,5-8,11H,1,4,9-10H2,2H3/b6-5-,8-7-. The molecule has 0 heterocycles. The third-order valence-corrected chi connectivity index (χ3v) is 1.18. The van der Waals surface area contributed by atoms with E-state index in [4.69, 9.17) is 0 Å². The molecule has 1 N–H and O–H groups in total. The second-order valence-electron chi connectivity index (χ2n) is 2.25. The molecule has 0 fully saturated rings. The van der Waals surface area contributed by atoms with Crippen molar-refractivity contribution in [1.29, 1.82) is 0 Å². The summed E-state index contributed by atoms with van der Waals surface area (Å²) in [6.45, 7) is 7.78. The van der Waals surface area contributed by atoms with Gasteiger partial charge in [0.1, 0.15) is 0 Å². The Kier molecular flexibility index (Phi) is 8.50. The number of hydrogen-bond donors (Lipinski definition) is 1. The fraction of sp³-hybridized carbons (Fsp3) is 0.400. The lowest BCUT2D eigenvalue weighted by Crippen LogP contribution is -2.13. The van der Waals surface area contributed by atoms with E-state index in [0.29, 0.717) is 0 Å². The van der Waals surface area contributed by atoms with Crippen LogP contribution in [0.2, 0.25) is 0 Å². The topological polar surface area (TPSA) is 12.0 Å². The highest BCUT2D eigenvalue weighted by Crippen LogP contribution is 1.77. The summed E-state index contributed by atoms with van der Waals surface area (Å²) in [4.78, 5) is 0. The number of hydrogen-bond acceptors (Lipinski definition) is 1. The largest absolute Gasteiger partial charge is 0.313 e. The Morgan fingerprint density at radius 2 is 2.09 bits per heavy atom. The van der Waals surface area contributed by atoms with Crippen LogP contribution in [-0.4, -0.2) is 13.1 Å². The zero-order valence-electron chi connectivity index (χ0n) is 7.22. The van der Waals surface area contributed by atoms with E-state index in [2.05, 4.69) is 24.9 Å². The monoisotopic (exact) mass is 151 g/mol. The molecule has 0 atom stereocenters. The molecule has 0 saturated heterocycles. The van der Waals surface area contributed by atoms with Crippen molar-refractivity contribution in [1.82, 2.24) is 5.32 Å². The van der Waals surface area contributed by atoms with Crippen molar-refractivity contribution in [3.05, 3.63) is 37.0 Å². The minimum atomic E-state index is 0.954. The maximum atomic E-state index is 3.57. The summed E-state index contributed by atoms with van der Waals surface area (Å²) in [6, 6.07) is 0. The van der Waals surface area contributed by atoms with Crippen LogP contribution in [0.3, 0.4) is 0 Å². The Balaban J connectivity index is 3.15. The molecule has 0 unspecified atom stereocenters. The third-order valence-electron chi connectivity index (χ3n) is 1.18. The molecule has 0 aliphatic carbocycles. The van der Waals surface area contributed by atoms with E-state index in [1.54, 1.807) is 6.08 Å². The molecule has 0 saturated carbocycles. The highest BCUT2D eigenvalue weighted by Gasteiger charge is 1.75. The number of nitrogens with one attached hydrogen (secondary N) is 1. The molecule has 0 radical (unpaired) electrons. The average molecular weight is 151 g/mol. The Morgan fingerprint density at radius 3 is 2.73 bits per heavy atom. The van der Waals surface area contributed by atoms with Gasteiger partial charge in [-0.3, -0.25) is 0 Å². The quantitative estimate of drug-likeness (QED) is 0.453. The Bertz CT molecular complexity index is 134. The minimum Gasteiger partial charge on any atom is -0.313 e. The molecular weight excluding hydrogens is 134 g/mol. The molecule has 0 amide bonds. The number of allylic oxidation sites excluding steroid dienone is 4. The van der Waals surface area contributed by atoms with Crippen LogP contribution in [0, 0.1) is 0 Å². The van der Waals surface area contributed by atoms with Crippen molar-refractivity contribution >= 4 is 0 Å². The van der Waals surface area contributed by atoms with Gasteiger partial charge in [-0.05, 0) is 13.0 Å². The Labute approximate surface area is 69.5 Å². The lowest BCUT2D eigenvalue weighted by atomic mass is 10.4. The van der Waals surface area contributed by atoms with Crippen LogP contribution in [-0.2, 0) is 0 Å². The molecule has 0 spiro atoms. The van der Waals surface area contributed by atoms with Crippen LogP contribution in [0.4, 0.5) is 0 Å². The second kappa shape index (κ2) is 9.18. The summed E-state index contributed by atoms with van der Waals surface area (Å²) in [5.74, 6) is 0. The van der Waals surface area contributed by atoms with Crippen LogP contribution in [0.1, 0.15) is 13.3 Å². The molecule has 1 heteroatoms. The lowest BCUT2D eigenvalue weighted by molar-refractivity contribution is 0.729. The highest BCUT2D eigenvalue weighted by atomic mass is 14.8. The molecule has 0 aliphatic heterocycles. The molecular formula is C10H17N. The molecule has 11 heavy (non-hydrogen) atoms. The molecule has 0 aromatic carbocycles. The molecule has 1 nitrogen and oxygen atoms in total. The van der Waals surface area contributed by atoms with Gasteiger partial charge >= 0.3 is 0 Å². The van der Waals surface area contributed by atoms with Crippen LogP contribution in [0.25, 0.3) is 0 Å². The van der Waals surface area contributed by atoms with Crippen LogP contribution < -0.4 is 5.32 Å². The minimum absolute atomic E-state index is 0.954. The fourth-order valence-corrected chi connectivity index (χ4v) is 0.651. The van der Waals surface area contributed by atoms with E-state index in [1.165, 1.54) is 6.42 Å². The van der Waals surface area contributed by atoms with E-state index < -0.39 is 0 Å². The van der Waals surface area contributed by atoms with Gasteiger partial charge in [-0.1, -0.05) is 43.9 Å². The van der Waals surface area contributed by atoms with Crippen molar-refractivity contribution < 1.29 is 0 Å².